The molecule has 552 valence electrons. The summed E-state index contributed by atoms with van der Waals surface area (Å²) >= 11 is 0. The van der Waals surface area contributed by atoms with Crippen LogP contribution in [-0.2, 0) is 23.7 Å². The Bertz CT molecular complexity index is 1610. The van der Waals surface area contributed by atoms with E-state index in [1.165, 1.54) is 327 Å². The summed E-state index contributed by atoms with van der Waals surface area (Å²) in [5.41, 5.74) is 0. The van der Waals surface area contributed by atoms with Crippen molar-refractivity contribution in [2.45, 2.75) is 466 Å². The van der Waals surface area contributed by atoms with Crippen molar-refractivity contribution in [2.75, 3.05) is 19.8 Å². The Balaban J connectivity index is 1.62. The van der Waals surface area contributed by atoms with Crippen LogP contribution >= 0.6 is 0 Å². The minimum Gasteiger partial charge on any atom is -0.394 e. The molecule has 0 aromatic rings. The van der Waals surface area contributed by atoms with Crippen LogP contribution in [0.5, 0.6) is 0 Å². The molecule has 2 fully saturated rings. The fourth-order valence-corrected chi connectivity index (χ4v) is 13.8. The van der Waals surface area contributed by atoms with Gasteiger partial charge in [-0.25, -0.2) is 0 Å². The van der Waals surface area contributed by atoms with Crippen LogP contribution in [0, 0.1) is 0 Å². The standard InChI is InChI=1S/C79H153NO13/c1-3-5-7-9-11-13-15-17-19-21-23-25-27-29-31-33-35-36-38-40-42-44-46-48-50-52-54-56-58-60-62-68(83)67(66-90-78-76(89)74(87)77(70(65-82)92-78)93-79-75(88)73(86)72(85)69(64-81)91-79)80-71(84)63-61-59-57-55-53-51-49-47-45-43-41-39-37-34-32-30-28-26-24-22-20-18-16-14-12-10-8-6-4-2/h60,62,67-70,72-79,81-83,85-89H,3-59,61,63-66H2,1-2H3,(H,80,84)/b62-60+. The molecule has 2 saturated heterocycles. The zero-order valence-corrected chi connectivity index (χ0v) is 60.5. The van der Waals surface area contributed by atoms with E-state index in [-0.39, 0.29) is 18.9 Å². The number of aliphatic hydroxyl groups is 8. The molecule has 14 nitrogen and oxygen atoms in total. The summed E-state index contributed by atoms with van der Waals surface area (Å²) in [6.45, 7) is 2.88. The van der Waals surface area contributed by atoms with Crippen LogP contribution < -0.4 is 5.32 Å². The van der Waals surface area contributed by atoms with E-state index in [2.05, 4.69) is 19.2 Å². The number of hydrogen-bond acceptors (Lipinski definition) is 13. The number of nitrogens with one attached hydrogen (secondary N) is 1. The maximum atomic E-state index is 13.4. The second-order valence-corrected chi connectivity index (χ2v) is 28.9. The van der Waals surface area contributed by atoms with E-state index >= 15 is 0 Å². The number of carbonyl (C=O) groups excluding carboxylic acids is 1. The summed E-state index contributed by atoms with van der Waals surface area (Å²) in [5.74, 6) is -0.229. The minimum absolute atomic E-state index is 0.229. The summed E-state index contributed by atoms with van der Waals surface area (Å²) in [6, 6.07) is -0.912. The van der Waals surface area contributed by atoms with Crippen molar-refractivity contribution in [1.29, 1.82) is 0 Å². The molecule has 0 radical (unpaired) electrons. The first-order valence-corrected chi connectivity index (χ1v) is 40.4. The van der Waals surface area contributed by atoms with E-state index in [4.69, 9.17) is 18.9 Å². The molecule has 0 spiro atoms. The molecular weight excluding hydrogens is 1170 g/mol. The maximum Gasteiger partial charge on any atom is 0.220 e. The average Bonchev–Trinajstić information content (AvgIpc) is 0.852. The van der Waals surface area contributed by atoms with Gasteiger partial charge in [0.25, 0.3) is 0 Å². The van der Waals surface area contributed by atoms with Crippen LogP contribution in [0.15, 0.2) is 12.2 Å². The van der Waals surface area contributed by atoms with Crippen LogP contribution in [0.1, 0.15) is 393 Å². The number of hydrogen-bond donors (Lipinski definition) is 9. The highest BCUT2D eigenvalue weighted by Gasteiger charge is 2.51. The maximum absolute atomic E-state index is 13.4. The number of rotatable bonds is 69. The van der Waals surface area contributed by atoms with E-state index in [0.717, 1.165) is 44.9 Å². The zero-order valence-electron chi connectivity index (χ0n) is 60.5. The molecule has 0 aromatic heterocycles. The lowest BCUT2D eigenvalue weighted by molar-refractivity contribution is -0.359. The van der Waals surface area contributed by atoms with Gasteiger partial charge in [0.15, 0.2) is 12.6 Å². The van der Waals surface area contributed by atoms with Crippen LogP contribution in [-0.4, -0.2) is 140 Å². The molecule has 0 saturated carbocycles. The lowest BCUT2D eigenvalue weighted by Gasteiger charge is -2.46. The largest absolute Gasteiger partial charge is 0.394 e. The third kappa shape index (κ3) is 47.4. The number of unbranched alkanes of at least 4 members (excludes halogenated alkanes) is 56. The van der Waals surface area contributed by atoms with Gasteiger partial charge in [0.2, 0.25) is 5.91 Å². The Morgan fingerprint density at radius 1 is 0.376 bits per heavy atom. The molecule has 2 rings (SSSR count). The molecule has 12 atom stereocenters. The smallest absolute Gasteiger partial charge is 0.220 e. The third-order valence-corrected chi connectivity index (χ3v) is 20.2. The Morgan fingerprint density at radius 3 is 0.989 bits per heavy atom. The highest BCUT2D eigenvalue weighted by atomic mass is 16.7. The molecule has 0 aliphatic carbocycles. The molecule has 1 amide bonds. The topological polar surface area (TPSA) is 228 Å². The molecule has 2 aliphatic heterocycles. The fourth-order valence-electron chi connectivity index (χ4n) is 13.8. The molecule has 93 heavy (non-hydrogen) atoms. The average molecular weight is 1330 g/mol. The molecule has 2 heterocycles. The fraction of sp³-hybridized carbons (Fsp3) is 0.962. The number of ether oxygens (including phenoxy) is 4. The Labute approximate surface area is 571 Å². The summed E-state index contributed by atoms with van der Waals surface area (Å²) in [6.07, 6.45) is 64.4. The molecular formula is C79H153NO13. The Morgan fingerprint density at radius 2 is 0.667 bits per heavy atom. The lowest BCUT2D eigenvalue weighted by Crippen LogP contribution is -2.65. The van der Waals surface area contributed by atoms with Crippen molar-refractivity contribution < 1.29 is 64.6 Å². The van der Waals surface area contributed by atoms with Gasteiger partial charge in [-0.2, -0.15) is 0 Å². The van der Waals surface area contributed by atoms with E-state index in [1.54, 1.807) is 6.08 Å². The zero-order chi connectivity index (χ0) is 67.3. The van der Waals surface area contributed by atoms with Crippen LogP contribution in [0.4, 0.5) is 0 Å². The van der Waals surface area contributed by atoms with Crippen molar-refractivity contribution in [3.05, 3.63) is 12.2 Å². The number of amides is 1. The second kappa shape index (κ2) is 64.1. The molecule has 12 unspecified atom stereocenters. The SMILES string of the molecule is CCCCCCCCCCCCCCCCCCCCCCCCCCCCCC/C=C/C(O)C(COC1OC(CO)C(OC2OC(CO)C(O)C(O)C2O)C(O)C1O)NC(=O)CCCCCCCCCCCCCCCCCCCCCCCCCCCCCCC. The first kappa shape index (κ1) is 87.8. The van der Waals surface area contributed by atoms with E-state index in [0.29, 0.717) is 0 Å². The number of carbonyl (C=O) groups is 1. The first-order chi connectivity index (χ1) is 45.6. The van der Waals surface area contributed by atoms with Crippen molar-refractivity contribution in [3.8, 4) is 0 Å². The summed E-state index contributed by atoms with van der Waals surface area (Å²) in [7, 11) is 0. The Hall–Kier alpha value is -1.27. The minimum atomic E-state index is -1.79. The van der Waals surface area contributed by atoms with Gasteiger partial charge >= 0.3 is 0 Å². The van der Waals surface area contributed by atoms with Gasteiger partial charge in [-0.1, -0.05) is 379 Å². The van der Waals surface area contributed by atoms with Crippen LogP contribution in [0.2, 0.25) is 0 Å². The third-order valence-electron chi connectivity index (χ3n) is 20.2. The van der Waals surface area contributed by atoms with Crippen molar-refractivity contribution in [2.24, 2.45) is 0 Å². The summed E-state index contributed by atoms with van der Waals surface area (Å²) < 4.78 is 22.9. The van der Waals surface area contributed by atoms with E-state index in [1.807, 2.05) is 6.08 Å². The van der Waals surface area contributed by atoms with Gasteiger partial charge < -0.3 is 65.1 Å². The van der Waals surface area contributed by atoms with Gasteiger partial charge in [-0.15, -0.1) is 0 Å². The quantitative estimate of drug-likeness (QED) is 0.0204. The van der Waals surface area contributed by atoms with Gasteiger partial charge in [0, 0.05) is 6.42 Å². The van der Waals surface area contributed by atoms with Gasteiger partial charge in [0.1, 0.15) is 48.8 Å². The van der Waals surface area contributed by atoms with E-state index in [9.17, 15) is 45.6 Å². The normalized spacial score (nSPS) is 22.5. The summed E-state index contributed by atoms with van der Waals surface area (Å²) in [5, 5.41) is 87.7. The predicted molar refractivity (Wildman–Crippen MR) is 383 cm³/mol. The van der Waals surface area contributed by atoms with Crippen molar-refractivity contribution in [3.63, 3.8) is 0 Å². The Kier molecular flexibility index (Phi) is 60.6. The molecule has 0 aromatic carbocycles. The molecule has 9 N–H and O–H groups in total. The highest BCUT2D eigenvalue weighted by molar-refractivity contribution is 5.76. The van der Waals surface area contributed by atoms with Crippen molar-refractivity contribution >= 4 is 5.91 Å². The van der Waals surface area contributed by atoms with Crippen molar-refractivity contribution in [1.82, 2.24) is 5.32 Å². The monoisotopic (exact) mass is 1320 g/mol. The van der Waals surface area contributed by atoms with Gasteiger partial charge in [0.05, 0.1) is 32.0 Å². The molecule has 14 heteroatoms. The van der Waals surface area contributed by atoms with Gasteiger partial charge in [-0.05, 0) is 19.3 Å². The van der Waals surface area contributed by atoms with Crippen LogP contribution in [0.3, 0.4) is 0 Å². The second-order valence-electron chi connectivity index (χ2n) is 28.9. The first-order valence-electron chi connectivity index (χ1n) is 40.4. The predicted octanol–water partition coefficient (Wildman–Crippen LogP) is 18.1. The molecule has 2 aliphatic rings. The summed E-state index contributed by atoms with van der Waals surface area (Å²) in [4.78, 5) is 13.4. The molecule has 0 bridgehead atoms. The number of aliphatic hydroxyl groups excluding tert-OH is 8. The van der Waals surface area contributed by atoms with Crippen LogP contribution in [0.25, 0.3) is 0 Å². The van der Waals surface area contributed by atoms with Gasteiger partial charge in [-0.3, -0.25) is 4.79 Å². The number of allylic oxidation sites excluding steroid dienone is 1. The lowest BCUT2D eigenvalue weighted by atomic mass is 9.97. The highest BCUT2D eigenvalue weighted by Crippen LogP contribution is 2.30. The van der Waals surface area contributed by atoms with E-state index < -0.39 is 86.8 Å².